The van der Waals surface area contributed by atoms with Crippen molar-refractivity contribution in [2.45, 2.75) is 82.6 Å². The van der Waals surface area contributed by atoms with E-state index in [1.807, 2.05) is 12.1 Å². The van der Waals surface area contributed by atoms with Crippen LogP contribution in [0.25, 0.3) is 22.3 Å². The number of hydrogen-bond donors (Lipinski definition) is 0. The van der Waals surface area contributed by atoms with E-state index in [1.54, 1.807) is 11.1 Å². The minimum Gasteiger partial charge on any atom is -0.258 e. The standard InChI is InChI=1S/C56H51N3/c1-36-26-45(27-37(2)51(36)50-28-38(3)52(43-10-6-4-7-11-43)59-53(58-50)44-12-8-5-9-13-44)42-20-24-47(25-21-42)55-31-49-29-48-30-54(33-55,34-56(48,49)35-55)46-22-18-41(19-23-46)40-16-14-39(32-57)15-17-40/h4-27,38,48-50H,28-31,33-35H2,1-3H3. The minimum absolute atomic E-state index is 0.0165. The number of benzene rings is 6. The summed E-state index contributed by atoms with van der Waals surface area (Å²) in [4.78, 5) is 10.7. The van der Waals surface area contributed by atoms with E-state index in [1.165, 1.54) is 83.0 Å². The zero-order valence-corrected chi connectivity index (χ0v) is 34.5. The lowest BCUT2D eigenvalue weighted by Gasteiger charge is -2.50. The highest BCUT2D eigenvalue weighted by Crippen LogP contribution is 2.82. The predicted molar refractivity (Wildman–Crippen MR) is 241 cm³/mol. The quantitative estimate of drug-likeness (QED) is 0.160. The number of fused-ring (bicyclic) bond motifs is 2. The summed E-state index contributed by atoms with van der Waals surface area (Å²) < 4.78 is 0. The lowest BCUT2D eigenvalue weighted by atomic mass is 9.54. The second-order valence-electron chi connectivity index (χ2n) is 19.1. The van der Waals surface area contributed by atoms with Gasteiger partial charge in [-0.05, 0) is 155 Å². The minimum atomic E-state index is 0.0165. The summed E-state index contributed by atoms with van der Waals surface area (Å²) in [7, 11) is 0. The fourth-order valence-corrected chi connectivity index (χ4v) is 13.3. The van der Waals surface area contributed by atoms with Crippen LogP contribution in [-0.2, 0) is 10.8 Å². The van der Waals surface area contributed by atoms with Crippen molar-refractivity contribution >= 4 is 11.5 Å². The molecule has 3 nitrogen and oxygen atoms in total. The molecular formula is C56H51N3. The molecule has 4 saturated carbocycles. The Morgan fingerprint density at radius 1 is 0.559 bits per heavy atom. The van der Waals surface area contributed by atoms with Crippen molar-refractivity contribution in [1.29, 1.82) is 5.26 Å². The predicted octanol–water partition coefficient (Wildman–Crippen LogP) is 13.3. The summed E-state index contributed by atoms with van der Waals surface area (Å²) in [6.45, 7) is 6.87. The van der Waals surface area contributed by atoms with Gasteiger partial charge in [0.25, 0.3) is 0 Å². The van der Waals surface area contributed by atoms with Crippen molar-refractivity contribution in [1.82, 2.24) is 0 Å². The third kappa shape index (κ3) is 5.82. The van der Waals surface area contributed by atoms with E-state index in [2.05, 4.69) is 160 Å². The maximum Gasteiger partial charge on any atom is 0.155 e. The Morgan fingerprint density at radius 2 is 1.07 bits per heavy atom. The molecule has 6 aromatic rings. The van der Waals surface area contributed by atoms with Crippen LogP contribution in [0.2, 0.25) is 0 Å². The van der Waals surface area contributed by atoms with Crippen LogP contribution < -0.4 is 0 Å². The normalized spacial score (nSPS) is 28.8. The fraction of sp³-hybridized carbons (Fsp3) is 0.304. The lowest BCUT2D eigenvalue weighted by Crippen LogP contribution is -2.43. The largest absolute Gasteiger partial charge is 0.258 e. The number of amidine groups is 1. The van der Waals surface area contributed by atoms with E-state index < -0.39 is 0 Å². The van der Waals surface area contributed by atoms with Gasteiger partial charge in [0.05, 0.1) is 23.4 Å². The van der Waals surface area contributed by atoms with Crippen LogP contribution in [-0.4, -0.2) is 11.5 Å². The van der Waals surface area contributed by atoms with E-state index in [0.29, 0.717) is 11.0 Å². The number of aryl methyl sites for hydroxylation is 2. The van der Waals surface area contributed by atoms with E-state index >= 15 is 0 Å². The first-order valence-electron chi connectivity index (χ1n) is 21.9. The summed E-state index contributed by atoms with van der Waals surface area (Å²) in [5.74, 6) is 2.82. The molecule has 1 aliphatic heterocycles. The van der Waals surface area contributed by atoms with Gasteiger partial charge in [-0.1, -0.05) is 140 Å². The Balaban J connectivity index is 0.881. The summed E-state index contributed by atoms with van der Waals surface area (Å²) in [6, 6.07) is 55.6. The van der Waals surface area contributed by atoms with Crippen LogP contribution in [0.15, 0.2) is 156 Å². The zero-order chi connectivity index (χ0) is 39.9. The molecule has 7 atom stereocenters. The number of aliphatic imine (C=N–C) groups is 2. The average Bonchev–Trinajstić information content (AvgIpc) is 3.47. The van der Waals surface area contributed by atoms with Gasteiger partial charge >= 0.3 is 0 Å². The average molecular weight is 766 g/mol. The molecule has 11 rings (SSSR count). The smallest absolute Gasteiger partial charge is 0.155 e. The topological polar surface area (TPSA) is 48.5 Å². The van der Waals surface area contributed by atoms with Crippen LogP contribution in [0.4, 0.5) is 0 Å². The number of hydrogen-bond acceptors (Lipinski definition) is 3. The summed E-state index contributed by atoms with van der Waals surface area (Å²) in [5, 5.41) is 9.28. The molecule has 290 valence electrons. The monoisotopic (exact) mass is 765 g/mol. The molecule has 1 heterocycles. The number of rotatable bonds is 7. The van der Waals surface area contributed by atoms with Gasteiger partial charge in [0.15, 0.2) is 5.84 Å². The summed E-state index contributed by atoms with van der Waals surface area (Å²) in [6.07, 6.45) is 9.03. The second kappa shape index (κ2) is 13.6. The molecular weight excluding hydrogens is 715 g/mol. The van der Waals surface area contributed by atoms with Gasteiger partial charge in [0.2, 0.25) is 0 Å². The lowest BCUT2D eigenvalue weighted by molar-refractivity contribution is -0.00114. The number of nitrogens with zero attached hydrogens (tertiary/aromatic N) is 3. The van der Waals surface area contributed by atoms with Gasteiger partial charge in [-0.2, -0.15) is 5.26 Å². The molecule has 3 bridgehead atoms. The van der Waals surface area contributed by atoms with Crippen molar-refractivity contribution in [3.8, 4) is 28.3 Å². The Labute approximate surface area is 349 Å². The van der Waals surface area contributed by atoms with Crippen LogP contribution in [0.3, 0.4) is 0 Å². The first kappa shape index (κ1) is 36.2. The third-order valence-electron chi connectivity index (χ3n) is 15.7. The first-order chi connectivity index (χ1) is 28.7. The maximum atomic E-state index is 9.28. The van der Waals surface area contributed by atoms with Crippen LogP contribution in [0.1, 0.15) is 102 Å². The van der Waals surface area contributed by atoms with Gasteiger partial charge in [-0.3, -0.25) is 4.99 Å². The van der Waals surface area contributed by atoms with Gasteiger partial charge in [0, 0.05) is 11.5 Å². The van der Waals surface area contributed by atoms with E-state index in [9.17, 15) is 5.26 Å². The third-order valence-corrected chi connectivity index (χ3v) is 15.7. The SMILES string of the molecule is Cc1cc(-c2ccc(C34CC5CC6CC(c7ccc(-c8ccc(C#N)cc8)cc7)(C3)CC65C4)cc2)cc(C)c1C1CC(C)C(c2ccccc2)=NC(c2ccccc2)=N1. The molecule has 7 unspecified atom stereocenters. The van der Waals surface area contributed by atoms with Gasteiger partial charge in [0.1, 0.15) is 0 Å². The molecule has 0 amide bonds. The molecule has 4 aliphatic carbocycles. The summed E-state index contributed by atoms with van der Waals surface area (Å²) in [5.41, 5.74) is 17.1. The highest BCUT2D eigenvalue weighted by Gasteiger charge is 2.75. The molecule has 5 aliphatic rings. The van der Waals surface area contributed by atoms with E-state index in [4.69, 9.17) is 9.98 Å². The molecule has 0 aromatic heterocycles. The first-order valence-corrected chi connectivity index (χ1v) is 21.9. The van der Waals surface area contributed by atoms with Crippen molar-refractivity contribution in [3.05, 3.63) is 190 Å². The highest BCUT2D eigenvalue weighted by molar-refractivity contribution is 6.13. The van der Waals surface area contributed by atoms with Crippen LogP contribution in [0.5, 0.6) is 0 Å². The highest BCUT2D eigenvalue weighted by atomic mass is 15.0. The zero-order valence-electron chi connectivity index (χ0n) is 34.5. The van der Waals surface area contributed by atoms with E-state index in [-0.39, 0.29) is 22.8 Å². The molecule has 0 radical (unpaired) electrons. The Hall–Kier alpha value is -5.85. The molecule has 4 fully saturated rings. The second-order valence-corrected chi connectivity index (χ2v) is 19.1. The van der Waals surface area contributed by atoms with Crippen molar-refractivity contribution in [3.63, 3.8) is 0 Å². The Bertz CT molecular complexity index is 2660. The molecule has 0 N–H and O–H groups in total. The van der Waals surface area contributed by atoms with Gasteiger partial charge in [-0.15, -0.1) is 0 Å². The van der Waals surface area contributed by atoms with Crippen molar-refractivity contribution in [2.24, 2.45) is 33.2 Å². The molecule has 6 aromatic carbocycles. The number of nitriles is 1. The molecule has 59 heavy (non-hydrogen) atoms. The molecule has 1 spiro atoms. The maximum absolute atomic E-state index is 9.28. The van der Waals surface area contributed by atoms with Crippen molar-refractivity contribution in [2.75, 3.05) is 0 Å². The molecule has 0 saturated heterocycles. The van der Waals surface area contributed by atoms with Crippen LogP contribution >= 0.6 is 0 Å². The van der Waals surface area contributed by atoms with Gasteiger partial charge in [-0.25, -0.2) is 4.99 Å². The Morgan fingerprint density at radius 3 is 1.61 bits per heavy atom. The summed E-state index contributed by atoms with van der Waals surface area (Å²) >= 11 is 0. The fourth-order valence-electron chi connectivity index (χ4n) is 13.3. The van der Waals surface area contributed by atoms with Crippen LogP contribution in [0, 0.1) is 48.3 Å². The Kier molecular flexibility index (Phi) is 8.36. The van der Waals surface area contributed by atoms with Gasteiger partial charge < -0.3 is 0 Å². The molecule has 3 heteroatoms. The van der Waals surface area contributed by atoms with E-state index in [0.717, 1.165) is 35.4 Å². The van der Waals surface area contributed by atoms with Crippen molar-refractivity contribution < 1.29 is 0 Å².